The Hall–Kier alpha value is -1.92. The molecular weight excluding hydrogens is 348 g/mol. The van der Waals surface area contributed by atoms with Gasteiger partial charge in [0.15, 0.2) is 18.5 Å². The van der Waals surface area contributed by atoms with Crippen LogP contribution < -0.4 is 0 Å². The molecule has 1 aromatic carbocycles. The van der Waals surface area contributed by atoms with Crippen LogP contribution in [0.5, 0.6) is 0 Å². The third-order valence-electron chi connectivity index (χ3n) is 5.00. The quantitative estimate of drug-likeness (QED) is 0.710. The van der Waals surface area contributed by atoms with E-state index < -0.39 is 30.4 Å². The van der Waals surface area contributed by atoms with Crippen LogP contribution in [-0.2, 0) is 28.5 Å². The van der Waals surface area contributed by atoms with Gasteiger partial charge in [0.1, 0.15) is 0 Å². The lowest BCUT2D eigenvalue weighted by atomic mass is 10.0. The van der Waals surface area contributed by atoms with Crippen molar-refractivity contribution in [1.29, 1.82) is 0 Å². The Bertz CT molecular complexity index is 655. The van der Waals surface area contributed by atoms with Gasteiger partial charge >= 0.3 is 11.9 Å². The van der Waals surface area contributed by atoms with E-state index in [-0.39, 0.29) is 23.5 Å². The predicted molar refractivity (Wildman–Crippen MR) is 97.9 cm³/mol. The van der Waals surface area contributed by atoms with E-state index >= 15 is 0 Å². The molecule has 1 heterocycles. The zero-order valence-corrected chi connectivity index (χ0v) is 16.5. The molecule has 0 unspecified atom stereocenters. The molecule has 0 bridgehead atoms. The average molecular weight is 376 g/mol. The number of hydrogen-bond donors (Lipinski definition) is 0. The zero-order valence-electron chi connectivity index (χ0n) is 16.5. The first kappa shape index (κ1) is 19.8. The Morgan fingerprint density at radius 1 is 0.963 bits per heavy atom. The molecular formula is C21H28O6. The Kier molecular flexibility index (Phi) is 5.58. The second-order valence-electron chi connectivity index (χ2n) is 8.09. The SMILES string of the molecule is CC(C)OC(=O)[C@@H]1OC([C@]2(C)C[C@H]2c2ccccc2)O[C@H]1C(=O)OC(C)C. The van der Waals surface area contributed by atoms with Crippen molar-refractivity contribution in [2.45, 2.75) is 77.7 Å². The van der Waals surface area contributed by atoms with Crippen molar-refractivity contribution in [3.63, 3.8) is 0 Å². The van der Waals surface area contributed by atoms with E-state index in [0.29, 0.717) is 0 Å². The van der Waals surface area contributed by atoms with E-state index in [2.05, 4.69) is 19.1 Å². The van der Waals surface area contributed by atoms with Gasteiger partial charge < -0.3 is 18.9 Å². The third kappa shape index (κ3) is 4.17. The second kappa shape index (κ2) is 7.60. The second-order valence-corrected chi connectivity index (χ2v) is 8.09. The average Bonchev–Trinajstić information content (AvgIpc) is 3.09. The summed E-state index contributed by atoms with van der Waals surface area (Å²) >= 11 is 0. The number of carbonyl (C=O) groups is 2. The van der Waals surface area contributed by atoms with Gasteiger partial charge in [-0.05, 0) is 45.6 Å². The van der Waals surface area contributed by atoms with Crippen molar-refractivity contribution in [3.8, 4) is 0 Å². The normalized spacial score (nSPS) is 30.6. The molecule has 0 radical (unpaired) electrons. The smallest absolute Gasteiger partial charge is 0.339 e. The molecule has 6 heteroatoms. The highest BCUT2D eigenvalue weighted by Crippen LogP contribution is 2.63. The number of rotatable bonds is 6. The van der Waals surface area contributed by atoms with Crippen LogP contribution in [0.3, 0.4) is 0 Å². The van der Waals surface area contributed by atoms with Gasteiger partial charge in [-0.1, -0.05) is 37.3 Å². The Morgan fingerprint density at radius 3 is 1.89 bits per heavy atom. The minimum atomic E-state index is -1.11. The molecule has 0 aromatic heterocycles. The van der Waals surface area contributed by atoms with Gasteiger partial charge in [0.2, 0.25) is 0 Å². The summed E-state index contributed by atoms with van der Waals surface area (Å²) in [6, 6.07) is 10.1. The predicted octanol–water partition coefficient (Wildman–Crippen LogP) is 3.19. The molecule has 1 aliphatic carbocycles. The molecule has 3 rings (SSSR count). The highest BCUT2D eigenvalue weighted by molar-refractivity contribution is 5.86. The summed E-state index contributed by atoms with van der Waals surface area (Å²) in [4.78, 5) is 24.9. The summed E-state index contributed by atoms with van der Waals surface area (Å²) < 4.78 is 22.4. The van der Waals surface area contributed by atoms with E-state index in [1.165, 1.54) is 5.56 Å². The van der Waals surface area contributed by atoms with Crippen molar-refractivity contribution in [2.24, 2.45) is 5.41 Å². The van der Waals surface area contributed by atoms with E-state index in [1.54, 1.807) is 27.7 Å². The monoisotopic (exact) mass is 376 g/mol. The van der Waals surface area contributed by atoms with Crippen LogP contribution in [0.4, 0.5) is 0 Å². The van der Waals surface area contributed by atoms with Crippen LogP contribution in [0.15, 0.2) is 30.3 Å². The summed E-state index contributed by atoms with van der Waals surface area (Å²) in [5, 5.41) is 0. The van der Waals surface area contributed by atoms with E-state index in [0.717, 1.165) is 6.42 Å². The number of ether oxygens (including phenoxy) is 4. The van der Waals surface area contributed by atoms with Crippen LogP contribution in [0.25, 0.3) is 0 Å². The van der Waals surface area contributed by atoms with E-state index in [4.69, 9.17) is 18.9 Å². The Labute approximate surface area is 160 Å². The lowest BCUT2D eigenvalue weighted by molar-refractivity contribution is -0.167. The van der Waals surface area contributed by atoms with Crippen molar-refractivity contribution in [1.82, 2.24) is 0 Å². The maximum atomic E-state index is 12.5. The number of hydrogen-bond acceptors (Lipinski definition) is 6. The molecule has 0 spiro atoms. The largest absolute Gasteiger partial charge is 0.461 e. The molecule has 4 atom stereocenters. The van der Waals surface area contributed by atoms with E-state index in [1.807, 2.05) is 18.2 Å². The van der Waals surface area contributed by atoms with E-state index in [9.17, 15) is 9.59 Å². The van der Waals surface area contributed by atoms with Gasteiger partial charge in [-0.15, -0.1) is 0 Å². The van der Waals surface area contributed by atoms with Gasteiger partial charge in [0.25, 0.3) is 0 Å². The third-order valence-corrected chi connectivity index (χ3v) is 5.00. The lowest BCUT2D eigenvalue weighted by Crippen LogP contribution is -2.40. The zero-order chi connectivity index (χ0) is 19.8. The van der Waals surface area contributed by atoms with Crippen LogP contribution in [0.2, 0.25) is 0 Å². The minimum Gasteiger partial charge on any atom is -0.461 e. The molecule has 0 N–H and O–H groups in total. The van der Waals surface area contributed by atoms with Gasteiger partial charge in [-0.25, -0.2) is 9.59 Å². The summed E-state index contributed by atoms with van der Waals surface area (Å²) in [5.74, 6) is -0.942. The first-order valence-corrected chi connectivity index (χ1v) is 9.49. The maximum Gasteiger partial charge on any atom is 0.339 e. The lowest BCUT2D eigenvalue weighted by Gasteiger charge is -2.19. The molecule has 1 saturated carbocycles. The first-order valence-electron chi connectivity index (χ1n) is 9.49. The van der Waals surface area contributed by atoms with Crippen molar-refractivity contribution in [3.05, 3.63) is 35.9 Å². The standard InChI is InChI=1S/C21H28O6/c1-12(2)24-18(22)16-17(19(23)25-13(3)4)27-20(26-16)21(5)11-15(21)14-9-7-6-8-10-14/h6-10,12-13,15-17,20H,11H2,1-5H3/t15-,16+,17+,21+/m0/s1. The molecule has 2 fully saturated rings. The fraction of sp³-hybridized carbons (Fsp3) is 0.619. The van der Waals surface area contributed by atoms with Crippen molar-refractivity contribution in [2.75, 3.05) is 0 Å². The topological polar surface area (TPSA) is 71.1 Å². The maximum absolute atomic E-state index is 12.5. The summed E-state index contributed by atoms with van der Waals surface area (Å²) in [5.41, 5.74) is 0.895. The highest BCUT2D eigenvalue weighted by atomic mass is 16.8. The van der Waals surface area contributed by atoms with Crippen LogP contribution >= 0.6 is 0 Å². The van der Waals surface area contributed by atoms with Gasteiger partial charge in [-0.2, -0.15) is 0 Å². The number of esters is 2. The molecule has 1 saturated heterocycles. The van der Waals surface area contributed by atoms with Crippen molar-refractivity contribution < 1.29 is 28.5 Å². The highest BCUT2D eigenvalue weighted by Gasteiger charge is 2.63. The molecule has 27 heavy (non-hydrogen) atoms. The van der Waals surface area contributed by atoms with Crippen LogP contribution in [0.1, 0.15) is 52.5 Å². The van der Waals surface area contributed by atoms with Crippen LogP contribution in [0, 0.1) is 5.41 Å². The van der Waals surface area contributed by atoms with Gasteiger partial charge in [0, 0.05) is 5.41 Å². The Balaban J connectivity index is 1.76. The van der Waals surface area contributed by atoms with Crippen LogP contribution in [-0.4, -0.2) is 42.6 Å². The fourth-order valence-corrected chi connectivity index (χ4v) is 3.53. The Morgan fingerprint density at radius 2 is 1.44 bits per heavy atom. The molecule has 6 nitrogen and oxygen atoms in total. The van der Waals surface area contributed by atoms with Crippen molar-refractivity contribution >= 4 is 11.9 Å². The molecule has 2 aliphatic rings. The summed E-state index contributed by atoms with van der Waals surface area (Å²) in [6.07, 6.45) is -2.65. The first-order chi connectivity index (χ1) is 12.7. The molecule has 1 aromatic rings. The van der Waals surface area contributed by atoms with Gasteiger partial charge in [-0.3, -0.25) is 0 Å². The minimum absolute atomic E-state index is 0.255. The molecule has 0 amide bonds. The number of carbonyl (C=O) groups excluding carboxylic acids is 2. The molecule has 148 valence electrons. The van der Waals surface area contributed by atoms with Gasteiger partial charge in [0.05, 0.1) is 12.2 Å². The molecule has 1 aliphatic heterocycles. The summed E-state index contributed by atoms with van der Waals surface area (Å²) in [6.45, 7) is 9.05. The summed E-state index contributed by atoms with van der Waals surface area (Å²) in [7, 11) is 0. The number of benzene rings is 1. The fourth-order valence-electron chi connectivity index (χ4n) is 3.53.